The second-order valence-corrected chi connectivity index (χ2v) is 7.72. The third-order valence-corrected chi connectivity index (χ3v) is 5.86. The number of hydrogen-bond acceptors (Lipinski definition) is 3. The quantitative estimate of drug-likeness (QED) is 0.820. The van der Waals surface area contributed by atoms with Crippen LogP contribution < -0.4 is 10.5 Å². The molecule has 0 radical (unpaired) electrons. The lowest BCUT2D eigenvalue weighted by molar-refractivity contribution is 0.357. The summed E-state index contributed by atoms with van der Waals surface area (Å²) in [5, 5.41) is 0. The molecule has 0 heterocycles. The molecule has 1 aromatic rings. The van der Waals surface area contributed by atoms with Gasteiger partial charge in [-0.25, -0.2) is 17.5 Å². The summed E-state index contributed by atoms with van der Waals surface area (Å²) in [6.45, 7) is 6.18. The normalized spacial score (nSPS) is 17.4. The zero-order chi connectivity index (χ0) is 15.1. The molecule has 4 nitrogen and oxygen atoms in total. The maximum Gasteiger partial charge on any atom is 0.240 e. The second kappa shape index (κ2) is 5.00. The maximum atomic E-state index is 13.3. The van der Waals surface area contributed by atoms with E-state index in [4.69, 9.17) is 5.73 Å². The maximum absolute atomic E-state index is 13.3. The minimum Gasteiger partial charge on any atom is -0.396 e. The van der Waals surface area contributed by atoms with E-state index in [1.165, 1.54) is 6.07 Å². The Balaban J connectivity index is 2.21. The number of nitrogens with two attached hydrogens (primary N) is 1. The average molecular weight is 300 g/mol. The van der Waals surface area contributed by atoms with E-state index in [1.54, 1.807) is 6.92 Å². The molecule has 0 spiro atoms. The van der Waals surface area contributed by atoms with Gasteiger partial charge < -0.3 is 5.73 Å². The van der Waals surface area contributed by atoms with Crippen LogP contribution in [-0.4, -0.2) is 15.0 Å². The molecule has 0 aliphatic heterocycles. The first-order chi connectivity index (χ1) is 9.18. The molecule has 112 valence electrons. The second-order valence-electron chi connectivity index (χ2n) is 5.98. The molecule has 0 aromatic heterocycles. The number of halogens is 1. The topological polar surface area (TPSA) is 72.2 Å². The van der Waals surface area contributed by atoms with Gasteiger partial charge in [-0.1, -0.05) is 13.8 Å². The largest absolute Gasteiger partial charge is 0.396 e. The van der Waals surface area contributed by atoms with Crippen molar-refractivity contribution in [1.29, 1.82) is 0 Å². The molecule has 2 rings (SSSR count). The Hall–Kier alpha value is -1.14. The van der Waals surface area contributed by atoms with Crippen LogP contribution in [0.2, 0.25) is 0 Å². The van der Waals surface area contributed by atoms with Crippen LogP contribution in [0.15, 0.2) is 17.0 Å². The molecule has 0 atom stereocenters. The fourth-order valence-corrected chi connectivity index (χ4v) is 3.79. The van der Waals surface area contributed by atoms with Crippen LogP contribution in [0, 0.1) is 24.1 Å². The Morgan fingerprint density at radius 3 is 2.50 bits per heavy atom. The van der Waals surface area contributed by atoms with Crippen molar-refractivity contribution in [3.63, 3.8) is 0 Å². The summed E-state index contributed by atoms with van der Waals surface area (Å²) in [5.41, 5.74) is 5.75. The number of nitrogen functional groups attached to an aromatic ring is 1. The molecule has 6 heteroatoms. The molecule has 20 heavy (non-hydrogen) atoms. The minimum atomic E-state index is -3.65. The van der Waals surface area contributed by atoms with Crippen LogP contribution in [-0.2, 0) is 10.0 Å². The Morgan fingerprint density at radius 1 is 1.40 bits per heavy atom. The smallest absolute Gasteiger partial charge is 0.240 e. The summed E-state index contributed by atoms with van der Waals surface area (Å²) in [6.07, 6.45) is 2.08. The number of hydrogen-bond donors (Lipinski definition) is 2. The number of sulfonamides is 1. The Bertz CT molecular complexity index is 622. The summed E-state index contributed by atoms with van der Waals surface area (Å²) in [5.74, 6) is -0.160. The Kier molecular flexibility index (Phi) is 3.81. The first-order valence-corrected chi connectivity index (χ1v) is 8.21. The first kappa shape index (κ1) is 15.3. The summed E-state index contributed by atoms with van der Waals surface area (Å²) in [7, 11) is -3.65. The van der Waals surface area contributed by atoms with Crippen molar-refractivity contribution in [3.05, 3.63) is 23.5 Å². The van der Waals surface area contributed by atoms with Gasteiger partial charge in [-0.15, -0.1) is 0 Å². The van der Waals surface area contributed by atoms with Crippen molar-refractivity contribution in [2.75, 3.05) is 12.3 Å². The number of benzene rings is 1. The summed E-state index contributed by atoms with van der Waals surface area (Å²) in [6, 6.07) is 2.33. The van der Waals surface area contributed by atoms with Crippen LogP contribution >= 0.6 is 0 Å². The predicted molar refractivity (Wildman–Crippen MR) is 77.2 cm³/mol. The molecule has 0 saturated heterocycles. The number of rotatable bonds is 5. The van der Waals surface area contributed by atoms with Gasteiger partial charge >= 0.3 is 0 Å². The molecule has 0 unspecified atom stereocenters. The van der Waals surface area contributed by atoms with Gasteiger partial charge in [0.1, 0.15) is 5.82 Å². The van der Waals surface area contributed by atoms with Gasteiger partial charge in [-0.05, 0) is 48.8 Å². The lowest BCUT2D eigenvalue weighted by Gasteiger charge is -2.20. The SMILES string of the molecule is Cc1cc(F)c(N)cc1S(=O)(=O)NCC1(C(C)C)CC1. The number of aryl methyl sites for hydroxylation is 1. The lowest BCUT2D eigenvalue weighted by Crippen LogP contribution is -2.33. The molecule has 1 fully saturated rings. The molecule has 1 aliphatic rings. The lowest BCUT2D eigenvalue weighted by atomic mass is 9.93. The molecule has 1 aliphatic carbocycles. The van der Waals surface area contributed by atoms with Gasteiger partial charge in [0.2, 0.25) is 10.0 Å². The Morgan fingerprint density at radius 2 is 2.00 bits per heavy atom. The number of anilines is 1. The van der Waals surface area contributed by atoms with Crippen molar-refractivity contribution < 1.29 is 12.8 Å². The summed E-state index contributed by atoms with van der Waals surface area (Å²) >= 11 is 0. The predicted octanol–water partition coefficient (Wildman–Crippen LogP) is 2.43. The van der Waals surface area contributed by atoms with E-state index in [0.29, 0.717) is 18.0 Å². The van der Waals surface area contributed by atoms with E-state index < -0.39 is 15.8 Å². The summed E-state index contributed by atoms with van der Waals surface area (Å²) in [4.78, 5) is 0.0518. The van der Waals surface area contributed by atoms with Gasteiger partial charge in [-0.2, -0.15) is 0 Å². The van der Waals surface area contributed by atoms with Gasteiger partial charge in [0.25, 0.3) is 0 Å². The van der Waals surface area contributed by atoms with E-state index >= 15 is 0 Å². The minimum absolute atomic E-state index is 0.0518. The van der Waals surface area contributed by atoms with Gasteiger partial charge in [0, 0.05) is 6.54 Å². The van der Waals surface area contributed by atoms with Gasteiger partial charge in [0.15, 0.2) is 0 Å². The molecule has 0 bridgehead atoms. The van der Waals surface area contributed by atoms with Gasteiger partial charge in [-0.3, -0.25) is 0 Å². The van der Waals surface area contributed by atoms with Crippen LogP contribution in [0.4, 0.5) is 10.1 Å². The monoisotopic (exact) mass is 300 g/mol. The highest BCUT2D eigenvalue weighted by atomic mass is 32.2. The summed E-state index contributed by atoms with van der Waals surface area (Å²) < 4.78 is 40.6. The number of nitrogens with one attached hydrogen (secondary N) is 1. The fourth-order valence-electron chi connectivity index (χ4n) is 2.39. The molecular formula is C14H21FN2O2S. The molecule has 0 amide bonds. The zero-order valence-corrected chi connectivity index (χ0v) is 12.8. The van der Waals surface area contributed by atoms with Crippen molar-refractivity contribution in [1.82, 2.24) is 4.72 Å². The van der Waals surface area contributed by atoms with Gasteiger partial charge in [0.05, 0.1) is 10.6 Å². The van der Waals surface area contributed by atoms with Crippen LogP contribution in [0.25, 0.3) is 0 Å². The van der Waals surface area contributed by atoms with E-state index in [-0.39, 0.29) is 16.0 Å². The van der Waals surface area contributed by atoms with Crippen molar-refractivity contribution in [2.24, 2.45) is 11.3 Å². The van der Waals surface area contributed by atoms with Crippen molar-refractivity contribution in [3.8, 4) is 0 Å². The highest BCUT2D eigenvalue weighted by Crippen LogP contribution is 2.51. The molecule has 1 aromatic carbocycles. The third-order valence-electron chi connectivity index (χ3n) is 4.31. The first-order valence-electron chi connectivity index (χ1n) is 6.73. The van der Waals surface area contributed by atoms with Crippen molar-refractivity contribution >= 4 is 15.7 Å². The third kappa shape index (κ3) is 2.81. The Labute approximate surface area is 119 Å². The molecule has 1 saturated carbocycles. The molecule has 3 N–H and O–H groups in total. The van der Waals surface area contributed by atoms with Crippen LogP contribution in [0.1, 0.15) is 32.3 Å². The highest BCUT2D eigenvalue weighted by molar-refractivity contribution is 7.89. The van der Waals surface area contributed by atoms with Crippen LogP contribution in [0.5, 0.6) is 0 Å². The van der Waals surface area contributed by atoms with E-state index in [0.717, 1.165) is 18.9 Å². The molecular weight excluding hydrogens is 279 g/mol. The standard InChI is InChI=1S/C14H21FN2O2S/c1-9(2)14(4-5-14)8-17-20(18,19)13-7-12(16)11(15)6-10(13)3/h6-7,9,17H,4-5,8,16H2,1-3H3. The zero-order valence-electron chi connectivity index (χ0n) is 12.0. The highest BCUT2D eigenvalue weighted by Gasteiger charge is 2.45. The van der Waals surface area contributed by atoms with E-state index in [9.17, 15) is 12.8 Å². The van der Waals surface area contributed by atoms with E-state index in [1.807, 2.05) is 0 Å². The van der Waals surface area contributed by atoms with Crippen LogP contribution in [0.3, 0.4) is 0 Å². The fraction of sp³-hybridized carbons (Fsp3) is 0.571. The van der Waals surface area contributed by atoms with Crippen molar-refractivity contribution in [2.45, 2.75) is 38.5 Å². The average Bonchev–Trinajstić information content (AvgIpc) is 3.12. The van der Waals surface area contributed by atoms with E-state index in [2.05, 4.69) is 18.6 Å².